The first-order valence-electron chi connectivity index (χ1n) is 5.57. The van der Waals surface area contributed by atoms with Gasteiger partial charge in [-0.15, -0.1) is 0 Å². The lowest BCUT2D eigenvalue weighted by Crippen LogP contribution is -2.27. The molecule has 0 bridgehead atoms. The van der Waals surface area contributed by atoms with Gasteiger partial charge in [-0.05, 0) is 46.2 Å². The third kappa shape index (κ3) is 11.9. The van der Waals surface area contributed by atoms with Crippen LogP contribution in [-0.2, 0) is 4.74 Å². The molecule has 0 amide bonds. The van der Waals surface area contributed by atoms with Crippen LogP contribution < -0.4 is 5.32 Å². The van der Waals surface area contributed by atoms with Gasteiger partial charge in [0, 0.05) is 13.2 Å². The molecule has 0 aliphatic rings. The minimum Gasteiger partial charge on any atom is -0.390 e. The molecule has 0 spiro atoms. The average molecular weight is 203 g/mol. The molecule has 14 heavy (non-hydrogen) atoms. The van der Waals surface area contributed by atoms with E-state index in [1.165, 1.54) is 0 Å². The molecule has 2 N–H and O–H groups in total. The molecule has 0 rings (SSSR count). The van der Waals surface area contributed by atoms with Crippen LogP contribution in [0.1, 0.15) is 40.0 Å². The van der Waals surface area contributed by atoms with E-state index >= 15 is 0 Å². The number of rotatable bonds is 9. The van der Waals surface area contributed by atoms with E-state index in [0.717, 1.165) is 45.6 Å². The standard InChI is InChI=1S/C11H25NO2/c1-4-9-14-10-5-7-12-8-6-11(2,3)13/h12-13H,4-10H2,1-3H3. The van der Waals surface area contributed by atoms with Gasteiger partial charge in [0.15, 0.2) is 0 Å². The van der Waals surface area contributed by atoms with Crippen LogP contribution in [0.15, 0.2) is 0 Å². The zero-order chi connectivity index (χ0) is 10.9. The summed E-state index contributed by atoms with van der Waals surface area (Å²) in [7, 11) is 0. The van der Waals surface area contributed by atoms with Crippen molar-refractivity contribution in [3.8, 4) is 0 Å². The highest BCUT2D eigenvalue weighted by Crippen LogP contribution is 2.04. The van der Waals surface area contributed by atoms with Gasteiger partial charge < -0.3 is 15.2 Å². The third-order valence-electron chi connectivity index (χ3n) is 1.90. The Morgan fingerprint density at radius 2 is 1.93 bits per heavy atom. The van der Waals surface area contributed by atoms with Crippen LogP contribution >= 0.6 is 0 Å². The molecule has 0 radical (unpaired) electrons. The Balaban J connectivity index is 2.99. The summed E-state index contributed by atoms with van der Waals surface area (Å²) >= 11 is 0. The minimum absolute atomic E-state index is 0.550. The van der Waals surface area contributed by atoms with Gasteiger partial charge in [0.2, 0.25) is 0 Å². The Hall–Kier alpha value is -0.120. The lowest BCUT2D eigenvalue weighted by Gasteiger charge is -2.16. The summed E-state index contributed by atoms with van der Waals surface area (Å²) in [6.45, 7) is 9.32. The van der Waals surface area contributed by atoms with Gasteiger partial charge in [0.1, 0.15) is 0 Å². The molecule has 3 heteroatoms. The fourth-order valence-corrected chi connectivity index (χ4v) is 1.06. The van der Waals surface area contributed by atoms with Crippen LogP contribution in [0.2, 0.25) is 0 Å². The summed E-state index contributed by atoms with van der Waals surface area (Å²) in [5, 5.41) is 12.7. The predicted octanol–water partition coefficient (Wildman–Crippen LogP) is 1.55. The molecule has 0 aromatic carbocycles. The molecule has 0 saturated heterocycles. The van der Waals surface area contributed by atoms with Crippen molar-refractivity contribution >= 4 is 0 Å². The molecule has 0 aliphatic heterocycles. The van der Waals surface area contributed by atoms with E-state index in [1.54, 1.807) is 0 Å². The van der Waals surface area contributed by atoms with Crippen molar-refractivity contribution in [1.29, 1.82) is 0 Å². The molecule has 0 aromatic heterocycles. The summed E-state index contributed by atoms with van der Waals surface area (Å²) in [6.07, 6.45) is 2.93. The molecule has 0 unspecified atom stereocenters. The van der Waals surface area contributed by atoms with E-state index in [4.69, 9.17) is 4.74 Å². The second-order valence-electron chi connectivity index (χ2n) is 4.28. The maximum absolute atomic E-state index is 9.43. The molecule has 0 atom stereocenters. The minimum atomic E-state index is -0.550. The highest BCUT2D eigenvalue weighted by atomic mass is 16.5. The first kappa shape index (κ1) is 13.9. The highest BCUT2D eigenvalue weighted by Gasteiger charge is 2.10. The fraction of sp³-hybridized carbons (Fsp3) is 1.00. The number of hydrogen-bond acceptors (Lipinski definition) is 3. The predicted molar refractivity (Wildman–Crippen MR) is 59.5 cm³/mol. The molecule has 0 aromatic rings. The Bertz CT molecular complexity index is 121. The number of aliphatic hydroxyl groups is 1. The third-order valence-corrected chi connectivity index (χ3v) is 1.90. The molecular weight excluding hydrogens is 178 g/mol. The van der Waals surface area contributed by atoms with Crippen LogP contribution in [-0.4, -0.2) is 37.0 Å². The smallest absolute Gasteiger partial charge is 0.0603 e. The van der Waals surface area contributed by atoms with E-state index in [1.807, 2.05) is 13.8 Å². The average Bonchev–Trinajstić information content (AvgIpc) is 2.08. The molecule has 0 fully saturated rings. The Morgan fingerprint density at radius 3 is 2.50 bits per heavy atom. The lowest BCUT2D eigenvalue weighted by atomic mass is 10.1. The van der Waals surface area contributed by atoms with Crippen LogP contribution in [0.25, 0.3) is 0 Å². The van der Waals surface area contributed by atoms with Crippen molar-refractivity contribution in [2.75, 3.05) is 26.3 Å². The Labute approximate surface area is 87.8 Å². The summed E-state index contributed by atoms with van der Waals surface area (Å²) in [6, 6.07) is 0. The van der Waals surface area contributed by atoms with E-state index in [0.29, 0.717) is 0 Å². The van der Waals surface area contributed by atoms with E-state index in [-0.39, 0.29) is 0 Å². The summed E-state index contributed by atoms with van der Waals surface area (Å²) < 4.78 is 5.34. The van der Waals surface area contributed by atoms with Gasteiger partial charge in [-0.2, -0.15) is 0 Å². The van der Waals surface area contributed by atoms with Crippen LogP contribution in [0.4, 0.5) is 0 Å². The zero-order valence-corrected chi connectivity index (χ0v) is 9.81. The van der Waals surface area contributed by atoms with Gasteiger partial charge in [-0.3, -0.25) is 0 Å². The Morgan fingerprint density at radius 1 is 1.21 bits per heavy atom. The molecular formula is C11H25NO2. The van der Waals surface area contributed by atoms with E-state index in [9.17, 15) is 5.11 Å². The Kier molecular flexibility index (Phi) is 8.14. The number of ether oxygens (including phenoxy) is 1. The monoisotopic (exact) mass is 203 g/mol. The van der Waals surface area contributed by atoms with Crippen LogP contribution in [0.5, 0.6) is 0 Å². The van der Waals surface area contributed by atoms with Gasteiger partial charge in [0.25, 0.3) is 0 Å². The highest BCUT2D eigenvalue weighted by molar-refractivity contribution is 4.66. The summed E-state index contributed by atoms with van der Waals surface area (Å²) in [4.78, 5) is 0. The largest absolute Gasteiger partial charge is 0.390 e. The van der Waals surface area contributed by atoms with E-state index in [2.05, 4.69) is 12.2 Å². The van der Waals surface area contributed by atoms with Crippen molar-refractivity contribution in [3.63, 3.8) is 0 Å². The quantitative estimate of drug-likeness (QED) is 0.559. The topological polar surface area (TPSA) is 41.5 Å². The van der Waals surface area contributed by atoms with Crippen molar-refractivity contribution < 1.29 is 9.84 Å². The number of hydrogen-bond donors (Lipinski definition) is 2. The SMILES string of the molecule is CCCOCCCNCCC(C)(C)O. The maximum atomic E-state index is 9.43. The lowest BCUT2D eigenvalue weighted by molar-refractivity contribution is 0.0709. The first-order chi connectivity index (χ1) is 6.56. The molecule has 3 nitrogen and oxygen atoms in total. The van der Waals surface area contributed by atoms with Gasteiger partial charge in [-0.1, -0.05) is 6.92 Å². The molecule has 0 saturated carbocycles. The summed E-state index contributed by atoms with van der Waals surface area (Å²) in [5.41, 5.74) is -0.550. The van der Waals surface area contributed by atoms with Gasteiger partial charge in [-0.25, -0.2) is 0 Å². The second kappa shape index (κ2) is 8.21. The summed E-state index contributed by atoms with van der Waals surface area (Å²) in [5.74, 6) is 0. The van der Waals surface area contributed by atoms with Crippen molar-refractivity contribution in [3.05, 3.63) is 0 Å². The normalized spacial score (nSPS) is 12.0. The van der Waals surface area contributed by atoms with Crippen molar-refractivity contribution in [1.82, 2.24) is 5.32 Å². The van der Waals surface area contributed by atoms with Crippen molar-refractivity contribution in [2.24, 2.45) is 0 Å². The second-order valence-corrected chi connectivity index (χ2v) is 4.28. The molecule has 0 aliphatic carbocycles. The zero-order valence-electron chi connectivity index (χ0n) is 9.81. The maximum Gasteiger partial charge on any atom is 0.0603 e. The number of nitrogens with one attached hydrogen (secondary N) is 1. The fourth-order valence-electron chi connectivity index (χ4n) is 1.06. The van der Waals surface area contributed by atoms with Crippen LogP contribution in [0.3, 0.4) is 0 Å². The van der Waals surface area contributed by atoms with Crippen LogP contribution in [0, 0.1) is 0 Å². The van der Waals surface area contributed by atoms with E-state index < -0.39 is 5.60 Å². The molecule has 86 valence electrons. The van der Waals surface area contributed by atoms with Crippen molar-refractivity contribution in [2.45, 2.75) is 45.6 Å². The molecule has 0 heterocycles. The van der Waals surface area contributed by atoms with Gasteiger partial charge >= 0.3 is 0 Å². The first-order valence-corrected chi connectivity index (χ1v) is 5.57. The van der Waals surface area contributed by atoms with Gasteiger partial charge in [0.05, 0.1) is 5.60 Å².